The topological polar surface area (TPSA) is 56.0 Å². The number of hydrogen-bond acceptors (Lipinski definition) is 4. The summed E-state index contributed by atoms with van der Waals surface area (Å²) in [5.41, 5.74) is 6.50. The highest BCUT2D eigenvalue weighted by atomic mass is 32.1. The molecule has 0 saturated heterocycles. The van der Waals surface area contributed by atoms with Crippen LogP contribution in [-0.4, -0.2) is 16.3 Å². The minimum absolute atomic E-state index is 0.0348. The molecule has 102 valence electrons. The Morgan fingerprint density at radius 3 is 2.28 bits per heavy atom. The van der Waals surface area contributed by atoms with E-state index >= 15 is 0 Å². The van der Waals surface area contributed by atoms with Crippen molar-refractivity contribution in [1.82, 2.24) is 4.98 Å². The summed E-state index contributed by atoms with van der Waals surface area (Å²) in [6.45, 7) is 10.3. The quantitative estimate of drug-likeness (QED) is 0.893. The summed E-state index contributed by atoms with van der Waals surface area (Å²) in [7, 11) is 0. The molecule has 0 saturated carbocycles. The van der Waals surface area contributed by atoms with Crippen molar-refractivity contribution in [3.63, 3.8) is 0 Å². The minimum atomic E-state index is -0.687. The van der Waals surface area contributed by atoms with Gasteiger partial charge in [-0.05, 0) is 12.8 Å². The number of thiazole rings is 1. The number of nitrogens with two attached hydrogens (primary N) is 1. The Morgan fingerprint density at radius 2 is 1.89 bits per heavy atom. The van der Waals surface area contributed by atoms with E-state index in [4.69, 9.17) is 5.73 Å². The molecule has 1 aromatic heterocycles. The average molecular weight is 268 g/mol. The van der Waals surface area contributed by atoms with Gasteiger partial charge in [0, 0.05) is 10.8 Å². The van der Waals surface area contributed by atoms with Crippen LogP contribution in [-0.2, 0) is 16.6 Å². The van der Waals surface area contributed by atoms with E-state index in [-0.39, 0.29) is 11.2 Å². The van der Waals surface area contributed by atoms with Crippen molar-refractivity contribution >= 4 is 17.1 Å². The summed E-state index contributed by atoms with van der Waals surface area (Å²) >= 11 is 1.55. The molecule has 0 fully saturated rings. The molecule has 1 heterocycles. The van der Waals surface area contributed by atoms with Crippen LogP contribution in [0.1, 0.15) is 58.2 Å². The first-order chi connectivity index (χ1) is 8.23. The molecule has 0 atom stereocenters. The van der Waals surface area contributed by atoms with E-state index in [1.165, 1.54) is 0 Å². The van der Waals surface area contributed by atoms with Crippen molar-refractivity contribution in [2.24, 2.45) is 5.73 Å². The van der Waals surface area contributed by atoms with Crippen LogP contribution in [0.3, 0.4) is 0 Å². The number of carbonyl (C=O) groups excluding carboxylic acids is 1. The lowest BCUT2D eigenvalue weighted by Crippen LogP contribution is -2.47. The maximum absolute atomic E-state index is 12.2. The largest absolute Gasteiger partial charge is 0.319 e. The number of carbonyl (C=O) groups is 1. The number of aromatic nitrogens is 1. The molecule has 0 radical (unpaired) electrons. The lowest BCUT2D eigenvalue weighted by molar-refractivity contribution is -0.123. The fourth-order valence-electron chi connectivity index (χ4n) is 1.69. The van der Waals surface area contributed by atoms with Crippen molar-refractivity contribution in [3.8, 4) is 0 Å². The molecule has 0 aliphatic carbocycles. The second-order valence-corrected chi connectivity index (χ2v) is 6.78. The minimum Gasteiger partial charge on any atom is -0.319 e. The number of ketones is 1. The van der Waals surface area contributed by atoms with E-state index in [0.29, 0.717) is 19.3 Å². The molecule has 0 unspecified atom stereocenters. The Bertz CT molecular complexity index is 414. The summed E-state index contributed by atoms with van der Waals surface area (Å²) < 4.78 is 0. The number of rotatable bonds is 5. The van der Waals surface area contributed by atoms with Crippen LogP contribution in [0.15, 0.2) is 5.38 Å². The van der Waals surface area contributed by atoms with Gasteiger partial charge >= 0.3 is 0 Å². The van der Waals surface area contributed by atoms with Gasteiger partial charge in [-0.2, -0.15) is 0 Å². The van der Waals surface area contributed by atoms with Gasteiger partial charge in [-0.15, -0.1) is 11.3 Å². The fourth-order valence-corrected chi connectivity index (χ4v) is 2.71. The Kier molecular flexibility index (Phi) is 4.67. The molecule has 1 rings (SSSR count). The number of Topliss-reactive ketones (excluding diaryl/α,β-unsaturated/α-hetero) is 1. The number of hydrogen-bond donors (Lipinski definition) is 1. The predicted octanol–water partition coefficient (Wildman–Crippen LogP) is 3.07. The normalized spacial score (nSPS) is 12.8. The van der Waals surface area contributed by atoms with Crippen molar-refractivity contribution in [3.05, 3.63) is 16.1 Å². The van der Waals surface area contributed by atoms with Crippen molar-refractivity contribution < 1.29 is 4.79 Å². The van der Waals surface area contributed by atoms with E-state index in [2.05, 4.69) is 25.8 Å². The lowest BCUT2D eigenvalue weighted by atomic mass is 9.87. The van der Waals surface area contributed by atoms with Gasteiger partial charge in [0.05, 0.1) is 17.7 Å². The molecule has 2 N–H and O–H groups in total. The zero-order valence-electron chi connectivity index (χ0n) is 12.0. The molecule has 0 spiro atoms. The lowest BCUT2D eigenvalue weighted by Gasteiger charge is -2.24. The molecule has 0 amide bonds. The highest BCUT2D eigenvalue weighted by Gasteiger charge is 2.30. The van der Waals surface area contributed by atoms with Gasteiger partial charge in [0.1, 0.15) is 5.01 Å². The molecule has 18 heavy (non-hydrogen) atoms. The molecule has 4 heteroatoms. The van der Waals surface area contributed by atoms with Crippen LogP contribution in [0.5, 0.6) is 0 Å². The van der Waals surface area contributed by atoms with Crippen LogP contribution in [0.2, 0.25) is 0 Å². The van der Waals surface area contributed by atoms with Gasteiger partial charge in [-0.25, -0.2) is 4.98 Å². The molecule has 0 aromatic carbocycles. The van der Waals surface area contributed by atoms with Gasteiger partial charge in [-0.1, -0.05) is 34.6 Å². The molecule has 0 bridgehead atoms. The Balaban J connectivity index is 2.80. The summed E-state index contributed by atoms with van der Waals surface area (Å²) in [6, 6.07) is 0. The van der Waals surface area contributed by atoms with Crippen LogP contribution >= 0.6 is 11.3 Å². The first kappa shape index (κ1) is 15.3. The maximum atomic E-state index is 12.2. The zero-order valence-corrected chi connectivity index (χ0v) is 12.9. The first-order valence-electron chi connectivity index (χ1n) is 6.50. The van der Waals surface area contributed by atoms with Crippen LogP contribution < -0.4 is 5.73 Å². The Morgan fingerprint density at radius 1 is 1.33 bits per heavy atom. The van der Waals surface area contributed by atoms with E-state index in [1.54, 1.807) is 11.3 Å². The highest BCUT2D eigenvalue weighted by Crippen LogP contribution is 2.25. The second kappa shape index (κ2) is 5.49. The third kappa shape index (κ3) is 3.39. The molecular formula is C14H24N2OS. The third-order valence-electron chi connectivity index (χ3n) is 3.45. The predicted molar refractivity (Wildman–Crippen MR) is 77.0 cm³/mol. The molecular weight excluding hydrogens is 244 g/mol. The van der Waals surface area contributed by atoms with Gasteiger partial charge in [0.25, 0.3) is 0 Å². The van der Waals surface area contributed by atoms with Crippen LogP contribution in [0.4, 0.5) is 0 Å². The molecule has 0 aliphatic heterocycles. The molecule has 0 aliphatic rings. The maximum Gasteiger partial charge on any atom is 0.159 e. The van der Waals surface area contributed by atoms with Gasteiger partial charge in [-0.3, -0.25) is 4.79 Å². The SMILES string of the molecule is CCC(N)(CC)C(=O)Cc1nc(C(C)(C)C)cs1. The summed E-state index contributed by atoms with van der Waals surface area (Å²) in [6.07, 6.45) is 1.72. The number of nitrogens with zero attached hydrogens (tertiary/aromatic N) is 1. The summed E-state index contributed by atoms with van der Waals surface area (Å²) in [4.78, 5) is 16.7. The smallest absolute Gasteiger partial charge is 0.159 e. The third-order valence-corrected chi connectivity index (χ3v) is 4.30. The summed E-state index contributed by atoms with van der Waals surface area (Å²) in [5, 5.41) is 2.92. The second-order valence-electron chi connectivity index (χ2n) is 5.84. The standard InChI is InChI=1S/C14H24N2OS/c1-6-14(15,7-2)11(17)8-12-16-10(9-18-12)13(3,4)5/h9H,6-8,15H2,1-5H3. The van der Waals surface area contributed by atoms with Crippen LogP contribution in [0.25, 0.3) is 0 Å². The van der Waals surface area contributed by atoms with Crippen molar-refractivity contribution in [2.75, 3.05) is 0 Å². The first-order valence-corrected chi connectivity index (χ1v) is 7.38. The monoisotopic (exact) mass is 268 g/mol. The highest BCUT2D eigenvalue weighted by molar-refractivity contribution is 7.09. The van der Waals surface area contributed by atoms with Crippen molar-refractivity contribution in [2.45, 2.75) is 64.8 Å². The fraction of sp³-hybridized carbons (Fsp3) is 0.714. The molecule has 1 aromatic rings. The van der Waals surface area contributed by atoms with E-state index in [9.17, 15) is 4.79 Å². The Hall–Kier alpha value is -0.740. The van der Waals surface area contributed by atoms with E-state index in [1.807, 2.05) is 19.2 Å². The average Bonchev–Trinajstić information content (AvgIpc) is 2.76. The van der Waals surface area contributed by atoms with Gasteiger partial charge in [0.15, 0.2) is 5.78 Å². The summed E-state index contributed by atoms with van der Waals surface area (Å²) in [5.74, 6) is 0.0994. The molecule has 3 nitrogen and oxygen atoms in total. The Labute approximate surface area is 114 Å². The van der Waals surface area contributed by atoms with Gasteiger partial charge in [0.2, 0.25) is 0 Å². The van der Waals surface area contributed by atoms with E-state index in [0.717, 1.165) is 10.7 Å². The van der Waals surface area contributed by atoms with Gasteiger partial charge < -0.3 is 5.73 Å². The van der Waals surface area contributed by atoms with E-state index < -0.39 is 5.54 Å². The zero-order chi connectivity index (χ0) is 14.0. The van der Waals surface area contributed by atoms with Crippen LogP contribution in [0, 0.1) is 0 Å². The van der Waals surface area contributed by atoms with Crippen molar-refractivity contribution in [1.29, 1.82) is 0 Å².